The Bertz CT molecular complexity index is 517. The largest absolute Gasteiger partial charge is 0.265 e. The fourth-order valence-corrected chi connectivity index (χ4v) is 2.08. The molecule has 0 N–H and O–H groups in total. The maximum Gasteiger partial charge on any atom is 0.0700 e. The summed E-state index contributed by atoms with van der Waals surface area (Å²) in [5.74, 6) is 0. The molecule has 2 aromatic carbocycles. The molecule has 0 saturated heterocycles. The average Bonchev–Trinajstić information content (AvgIpc) is 2.90. The van der Waals surface area contributed by atoms with E-state index >= 15 is 0 Å². The van der Waals surface area contributed by atoms with Gasteiger partial charge in [0.15, 0.2) is 0 Å². The van der Waals surface area contributed by atoms with Crippen LogP contribution < -0.4 is 5.01 Å². The van der Waals surface area contributed by atoms with E-state index in [1.807, 2.05) is 24.3 Å². The van der Waals surface area contributed by atoms with Crippen molar-refractivity contribution in [2.24, 2.45) is 5.10 Å². The Morgan fingerprint density at radius 3 is 2.18 bits per heavy atom. The molecule has 1 aliphatic heterocycles. The van der Waals surface area contributed by atoms with Crippen LogP contribution in [-0.4, -0.2) is 12.3 Å². The topological polar surface area (TPSA) is 15.6 Å². The summed E-state index contributed by atoms with van der Waals surface area (Å²) in [6.07, 6.45) is 1.01. The van der Waals surface area contributed by atoms with Gasteiger partial charge in [-0.25, -0.2) is 0 Å². The maximum absolute atomic E-state index is 4.68. The van der Waals surface area contributed by atoms with Gasteiger partial charge in [-0.15, -0.1) is 0 Å². The lowest BCUT2D eigenvalue weighted by Crippen LogP contribution is -2.11. The minimum atomic E-state index is 0.967. The molecular formula is C15H14N2. The van der Waals surface area contributed by atoms with Gasteiger partial charge in [-0.3, -0.25) is 5.01 Å². The van der Waals surface area contributed by atoms with Crippen LogP contribution in [0, 0.1) is 0 Å². The molecule has 0 bridgehead atoms. The van der Waals surface area contributed by atoms with Crippen molar-refractivity contribution < 1.29 is 0 Å². The Labute approximate surface area is 101 Å². The zero-order chi connectivity index (χ0) is 11.5. The molecule has 1 heterocycles. The van der Waals surface area contributed by atoms with Crippen LogP contribution in [0.1, 0.15) is 12.0 Å². The van der Waals surface area contributed by atoms with Gasteiger partial charge in [0.2, 0.25) is 0 Å². The predicted molar refractivity (Wildman–Crippen MR) is 71.4 cm³/mol. The van der Waals surface area contributed by atoms with E-state index in [2.05, 4.69) is 46.5 Å². The number of hydrogen-bond donors (Lipinski definition) is 0. The molecule has 0 aromatic heterocycles. The number of hydrogen-bond acceptors (Lipinski definition) is 2. The number of para-hydroxylation sites is 1. The van der Waals surface area contributed by atoms with E-state index in [1.165, 1.54) is 17.0 Å². The highest BCUT2D eigenvalue weighted by molar-refractivity contribution is 6.02. The second kappa shape index (κ2) is 4.42. The normalized spacial score (nSPS) is 14.8. The second-order valence-electron chi connectivity index (χ2n) is 4.12. The summed E-state index contributed by atoms with van der Waals surface area (Å²) >= 11 is 0. The second-order valence-corrected chi connectivity index (χ2v) is 4.12. The van der Waals surface area contributed by atoms with Gasteiger partial charge in [0.05, 0.1) is 11.4 Å². The van der Waals surface area contributed by atoms with E-state index in [4.69, 9.17) is 0 Å². The maximum atomic E-state index is 4.68. The van der Waals surface area contributed by atoms with Crippen LogP contribution in [0.5, 0.6) is 0 Å². The van der Waals surface area contributed by atoms with Crippen molar-refractivity contribution in [3.05, 3.63) is 66.2 Å². The predicted octanol–water partition coefficient (Wildman–Crippen LogP) is 3.30. The first-order valence-corrected chi connectivity index (χ1v) is 5.89. The van der Waals surface area contributed by atoms with Gasteiger partial charge in [0.1, 0.15) is 0 Å². The zero-order valence-corrected chi connectivity index (χ0v) is 9.58. The van der Waals surface area contributed by atoms with Gasteiger partial charge in [-0.2, -0.15) is 5.10 Å². The molecule has 0 atom stereocenters. The monoisotopic (exact) mass is 223 g/mol. The Morgan fingerprint density at radius 2 is 1.47 bits per heavy atom. The van der Waals surface area contributed by atoms with Crippen molar-refractivity contribution in [2.45, 2.75) is 6.42 Å². The molecule has 2 nitrogen and oxygen atoms in total. The molecule has 0 amide bonds. The quantitative estimate of drug-likeness (QED) is 0.713. The van der Waals surface area contributed by atoms with Gasteiger partial charge in [-0.05, 0) is 17.7 Å². The number of rotatable bonds is 2. The van der Waals surface area contributed by atoms with Gasteiger partial charge >= 0.3 is 0 Å². The minimum Gasteiger partial charge on any atom is -0.265 e. The summed E-state index contributed by atoms with van der Waals surface area (Å²) in [5.41, 5.74) is 3.57. The van der Waals surface area contributed by atoms with E-state index in [-0.39, 0.29) is 0 Å². The molecule has 0 radical (unpaired) electrons. The number of nitrogens with zero attached hydrogens (tertiary/aromatic N) is 2. The first kappa shape index (κ1) is 10.1. The number of anilines is 1. The SMILES string of the molecule is c1ccc(C2=N[15N](c3ccccc3)CC2)cc1. The molecule has 0 aliphatic carbocycles. The van der Waals surface area contributed by atoms with Gasteiger partial charge < -0.3 is 0 Å². The summed E-state index contributed by atoms with van der Waals surface area (Å²) < 4.78 is 0. The first-order chi connectivity index (χ1) is 8.43. The Balaban J connectivity index is 1.87. The van der Waals surface area contributed by atoms with Crippen molar-refractivity contribution in [3.63, 3.8) is 0 Å². The smallest absolute Gasteiger partial charge is 0.0700 e. The van der Waals surface area contributed by atoms with Gasteiger partial charge in [0.25, 0.3) is 0 Å². The Kier molecular flexibility index (Phi) is 2.62. The molecule has 0 unspecified atom stereocenters. The molecule has 0 spiro atoms. The lowest BCUT2D eigenvalue weighted by atomic mass is 10.1. The van der Waals surface area contributed by atoms with E-state index in [1.54, 1.807) is 0 Å². The average molecular weight is 223 g/mol. The van der Waals surface area contributed by atoms with Crippen LogP contribution in [-0.2, 0) is 0 Å². The fraction of sp³-hybridized carbons (Fsp3) is 0.133. The Morgan fingerprint density at radius 1 is 0.824 bits per heavy atom. The number of hydrazone groups is 1. The third kappa shape index (κ3) is 2.07. The summed E-state index contributed by atoms with van der Waals surface area (Å²) in [7, 11) is 0. The third-order valence-corrected chi connectivity index (χ3v) is 2.96. The van der Waals surface area contributed by atoms with E-state index in [0.29, 0.717) is 0 Å². The summed E-state index contributed by atoms with van der Waals surface area (Å²) in [5, 5.41) is 6.75. The highest BCUT2D eigenvalue weighted by Crippen LogP contribution is 2.20. The molecule has 2 aromatic rings. The highest BCUT2D eigenvalue weighted by Gasteiger charge is 2.16. The van der Waals surface area contributed by atoms with Crippen LogP contribution in [0.2, 0.25) is 0 Å². The lowest BCUT2D eigenvalue weighted by Gasteiger charge is -2.12. The fourth-order valence-electron chi connectivity index (χ4n) is 2.08. The third-order valence-electron chi connectivity index (χ3n) is 2.96. The molecule has 2 heteroatoms. The highest BCUT2D eigenvalue weighted by atomic mass is 16.1. The van der Waals surface area contributed by atoms with Gasteiger partial charge in [-0.1, -0.05) is 48.5 Å². The van der Waals surface area contributed by atoms with Crippen LogP contribution in [0.3, 0.4) is 0 Å². The lowest BCUT2D eigenvalue weighted by molar-refractivity contribution is 0.922. The van der Waals surface area contributed by atoms with E-state index in [9.17, 15) is 0 Å². The summed E-state index contributed by atoms with van der Waals surface area (Å²) in [4.78, 5) is 0. The van der Waals surface area contributed by atoms with Crippen LogP contribution in [0.4, 0.5) is 5.69 Å². The van der Waals surface area contributed by atoms with Crippen LogP contribution in [0.15, 0.2) is 65.8 Å². The van der Waals surface area contributed by atoms with Crippen LogP contribution in [0.25, 0.3) is 0 Å². The minimum absolute atomic E-state index is 0.967. The first-order valence-electron chi connectivity index (χ1n) is 5.89. The standard InChI is InChI=1S/C15H14N2/c1-3-7-13(8-4-1)15-11-12-17(16-15)14-9-5-2-6-10-14/h1-10H,11-12H2/i17+1. The van der Waals surface area contributed by atoms with Crippen LogP contribution >= 0.6 is 0 Å². The van der Waals surface area contributed by atoms with Crippen molar-refractivity contribution in [3.8, 4) is 0 Å². The molecule has 0 saturated carbocycles. The van der Waals surface area contributed by atoms with Gasteiger partial charge in [0, 0.05) is 13.0 Å². The van der Waals surface area contributed by atoms with Crippen molar-refractivity contribution in [1.82, 2.24) is 0 Å². The zero-order valence-electron chi connectivity index (χ0n) is 9.58. The Hall–Kier alpha value is -2.09. The van der Waals surface area contributed by atoms with E-state index < -0.39 is 0 Å². The van der Waals surface area contributed by atoms with E-state index in [0.717, 1.165) is 13.0 Å². The summed E-state index contributed by atoms with van der Waals surface area (Å²) in [6, 6.07) is 20.7. The molecule has 0 fully saturated rings. The number of benzene rings is 2. The molecule has 3 rings (SSSR count). The van der Waals surface area contributed by atoms with Crippen molar-refractivity contribution >= 4 is 11.4 Å². The van der Waals surface area contributed by atoms with Crippen molar-refractivity contribution in [1.29, 1.82) is 0 Å². The molecular weight excluding hydrogens is 209 g/mol. The summed E-state index contributed by atoms with van der Waals surface area (Å²) in [6.45, 7) is 0.967. The van der Waals surface area contributed by atoms with Crippen molar-refractivity contribution in [2.75, 3.05) is 11.6 Å². The molecule has 84 valence electrons. The molecule has 17 heavy (non-hydrogen) atoms. The molecule has 1 aliphatic rings.